The molecule has 0 aromatic heterocycles. The summed E-state index contributed by atoms with van der Waals surface area (Å²) in [5, 5.41) is 2.21. The first-order chi connectivity index (χ1) is 11.5. The SMILES string of the molecule is CN1C(=O)CCOc2ccc(C(=O)Nc3c(F)cccc3F)cc21. The van der Waals surface area contributed by atoms with Gasteiger partial charge in [-0.1, -0.05) is 6.07 Å². The number of nitrogens with one attached hydrogen (secondary N) is 1. The Morgan fingerprint density at radius 2 is 1.92 bits per heavy atom. The molecule has 0 atom stereocenters. The van der Waals surface area contributed by atoms with Crippen LogP contribution >= 0.6 is 0 Å². The number of anilines is 2. The highest BCUT2D eigenvalue weighted by molar-refractivity contribution is 6.06. The smallest absolute Gasteiger partial charge is 0.255 e. The van der Waals surface area contributed by atoms with Crippen LogP contribution in [-0.2, 0) is 4.79 Å². The maximum Gasteiger partial charge on any atom is 0.255 e. The van der Waals surface area contributed by atoms with Gasteiger partial charge in [0.15, 0.2) is 0 Å². The van der Waals surface area contributed by atoms with Gasteiger partial charge in [0.2, 0.25) is 5.91 Å². The molecule has 2 aromatic rings. The minimum atomic E-state index is -0.867. The number of benzene rings is 2. The molecule has 0 saturated carbocycles. The molecule has 124 valence electrons. The molecular weight excluding hydrogens is 318 g/mol. The van der Waals surface area contributed by atoms with E-state index in [-0.39, 0.29) is 24.5 Å². The third kappa shape index (κ3) is 2.92. The van der Waals surface area contributed by atoms with Crippen LogP contribution in [0, 0.1) is 11.6 Å². The Morgan fingerprint density at radius 3 is 2.62 bits per heavy atom. The van der Waals surface area contributed by atoms with Gasteiger partial charge in [0.25, 0.3) is 5.91 Å². The third-order valence-corrected chi connectivity index (χ3v) is 3.73. The maximum absolute atomic E-state index is 13.6. The van der Waals surface area contributed by atoms with Crippen LogP contribution in [0.2, 0.25) is 0 Å². The molecule has 1 heterocycles. The van der Waals surface area contributed by atoms with E-state index in [2.05, 4.69) is 5.32 Å². The lowest BCUT2D eigenvalue weighted by Gasteiger charge is -2.17. The number of hydrogen-bond acceptors (Lipinski definition) is 3. The summed E-state index contributed by atoms with van der Waals surface area (Å²) in [5.41, 5.74) is 0.0684. The quantitative estimate of drug-likeness (QED) is 0.920. The van der Waals surface area contributed by atoms with Crippen molar-refractivity contribution in [2.45, 2.75) is 6.42 Å². The monoisotopic (exact) mass is 332 g/mol. The molecule has 0 unspecified atom stereocenters. The Hall–Kier alpha value is -2.96. The molecule has 7 heteroatoms. The predicted molar refractivity (Wildman–Crippen MR) is 84.3 cm³/mol. The first-order valence-electron chi connectivity index (χ1n) is 7.26. The third-order valence-electron chi connectivity index (χ3n) is 3.73. The number of carbonyl (C=O) groups excluding carboxylic acids is 2. The predicted octanol–water partition coefficient (Wildman–Crippen LogP) is 2.96. The molecule has 0 aliphatic carbocycles. The molecule has 5 nitrogen and oxygen atoms in total. The Balaban J connectivity index is 1.92. The summed E-state index contributed by atoms with van der Waals surface area (Å²) in [6, 6.07) is 7.78. The molecule has 0 radical (unpaired) electrons. The molecule has 0 bridgehead atoms. The van der Waals surface area contributed by atoms with Crippen LogP contribution in [0.3, 0.4) is 0 Å². The number of rotatable bonds is 2. The van der Waals surface area contributed by atoms with Crippen molar-refractivity contribution in [1.29, 1.82) is 0 Å². The van der Waals surface area contributed by atoms with Crippen molar-refractivity contribution >= 4 is 23.2 Å². The zero-order valence-corrected chi connectivity index (χ0v) is 12.8. The van der Waals surface area contributed by atoms with Gasteiger partial charge < -0.3 is 15.0 Å². The molecule has 1 aliphatic heterocycles. The van der Waals surface area contributed by atoms with Gasteiger partial charge in [-0.15, -0.1) is 0 Å². The van der Waals surface area contributed by atoms with Crippen molar-refractivity contribution in [3.05, 3.63) is 53.6 Å². The van der Waals surface area contributed by atoms with E-state index < -0.39 is 23.2 Å². The van der Waals surface area contributed by atoms with Crippen molar-refractivity contribution < 1.29 is 23.1 Å². The summed E-state index contributed by atoms with van der Waals surface area (Å²) in [6.45, 7) is 0.252. The van der Waals surface area contributed by atoms with Crippen LogP contribution in [0.5, 0.6) is 5.75 Å². The Labute approximate surface area is 136 Å². The molecular formula is C17H14F2N2O3. The molecule has 0 fully saturated rings. The second-order valence-corrected chi connectivity index (χ2v) is 5.28. The number of fused-ring (bicyclic) bond motifs is 1. The van der Waals surface area contributed by atoms with Crippen molar-refractivity contribution in [3.8, 4) is 5.75 Å². The van der Waals surface area contributed by atoms with E-state index in [1.54, 1.807) is 13.1 Å². The van der Waals surface area contributed by atoms with E-state index in [0.29, 0.717) is 11.4 Å². The standard InChI is InChI=1S/C17H14F2N2O3/c1-21-13-9-10(5-6-14(13)24-8-7-15(21)22)17(23)20-16-11(18)3-2-4-12(16)19/h2-6,9H,7-8H2,1H3,(H,20,23). The normalized spacial score (nSPS) is 13.8. The van der Waals surface area contributed by atoms with Crippen LogP contribution in [0.4, 0.5) is 20.2 Å². The van der Waals surface area contributed by atoms with Crippen LogP contribution in [0.15, 0.2) is 36.4 Å². The summed E-state index contributed by atoms with van der Waals surface area (Å²) >= 11 is 0. The number of para-hydroxylation sites is 1. The molecule has 0 spiro atoms. The number of hydrogen-bond donors (Lipinski definition) is 1. The van der Waals surface area contributed by atoms with Crippen molar-refractivity contribution in [2.24, 2.45) is 0 Å². The summed E-state index contributed by atoms with van der Waals surface area (Å²) in [5.74, 6) is -2.10. The summed E-state index contributed by atoms with van der Waals surface area (Å²) in [4.78, 5) is 25.6. The average molecular weight is 332 g/mol. The zero-order chi connectivity index (χ0) is 17.3. The van der Waals surface area contributed by atoms with Gasteiger partial charge in [-0.2, -0.15) is 0 Å². The number of halogens is 2. The summed E-state index contributed by atoms with van der Waals surface area (Å²) < 4.78 is 32.7. The number of nitrogens with zero attached hydrogens (tertiary/aromatic N) is 1. The fourth-order valence-corrected chi connectivity index (χ4v) is 2.40. The van der Waals surface area contributed by atoms with E-state index >= 15 is 0 Å². The molecule has 1 aliphatic rings. The van der Waals surface area contributed by atoms with E-state index in [1.165, 1.54) is 23.1 Å². The molecule has 3 rings (SSSR count). The van der Waals surface area contributed by atoms with Crippen molar-refractivity contribution in [2.75, 3.05) is 23.9 Å². The lowest BCUT2D eigenvalue weighted by Crippen LogP contribution is -2.25. The van der Waals surface area contributed by atoms with Gasteiger partial charge in [0, 0.05) is 12.6 Å². The Kier molecular flexibility index (Phi) is 4.16. The largest absolute Gasteiger partial charge is 0.491 e. The Bertz CT molecular complexity index is 803. The lowest BCUT2D eigenvalue weighted by molar-refractivity contribution is -0.118. The van der Waals surface area contributed by atoms with Gasteiger partial charge in [0.05, 0.1) is 18.7 Å². The highest BCUT2D eigenvalue weighted by atomic mass is 19.1. The van der Waals surface area contributed by atoms with Crippen LogP contribution < -0.4 is 15.0 Å². The lowest BCUT2D eigenvalue weighted by atomic mass is 10.1. The molecule has 0 saturated heterocycles. The number of carbonyl (C=O) groups is 2. The summed E-state index contributed by atoms with van der Waals surface area (Å²) in [6.07, 6.45) is 0.229. The Morgan fingerprint density at radius 1 is 1.21 bits per heavy atom. The molecule has 2 amide bonds. The highest BCUT2D eigenvalue weighted by Crippen LogP contribution is 2.32. The topological polar surface area (TPSA) is 58.6 Å². The average Bonchev–Trinajstić information content (AvgIpc) is 2.70. The number of ether oxygens (including phenoxy) is 1. The van der Waals surface area contributed by atoms with Gasteiger partial charge >= 0.3 is 0 Å². The summed E-state index contributed by atoms with van der Waals surface area (Å²) in [7, 11) is 1.58. The zero-order valence-electron chi connectivity index (χ0n) is 12.8. The van der Waals surface area contributed by atoms with Gasteiger partial charge in [-0.3, -0.25) is 9.59 Å². The van der Waals surface area contributed by atoms with Gasteiger partial charge in [-0.05, 0) is 30.3 Å². The first-order valence-corrected chi connectivity index (χ1v) is 7.26. The second kappa shape index (κ2) is 6.27. The fraction of sp³-hybridized carbons (Fsp3) is 0.176. The molecule has 2 aromatic carbocycles. The first kappa shape index (κ1) is 15.9. The second-order valence-electron chi connectivity index (χ2n) is 5.28. The maximum atomic E-state index is 13.6. The van der Waals surface area contributed by atoms with E-state index in [1.807, 2.05) is 0 Å². The van der Waals surface area contributed by atoms with Crippen LogP contribution in [0.1, 0.15) is 16.8 Å². The minimum Gasteiger partial charge on any atom is -0.491 e. The number of amides is 2. The van der Waals surface area contributed by atoms with Crippen LogP contribution in [-0.4, -0.2) is 25.5 Å². The molecule has 1 N–H and O–H groups in total. The molecule has 24 heavy (non-hydrogen) atoms. The highest BCUT2D eigenvalue weighted by Gasteiger charge is 2.22. The van der Waals surface area contributed by atoms with Crippen molar-refractivity contribution in [1.82, 2.24) is 0 Å². The van der Waals surface area contributed by atoms with E-state index in [0.717, 1.165) is 12.1 Å². The van der Waals surface area contributed by atoms with Gasteiger partial charge in [0.1, 0.15) is 23.1 Å². The fourth-order valence-electron chi connectivity index (χ4n) is 2.40. The van der Waals surface area contributed by atoms with E-state index in [4.69, 9.17) is 4.74 Å². The van der Waals surface area contributed by atoms with Gasteiger partial charge in [-0.25, -0.2) is 8.78 Å². The minimum absolute atomic E-state index is 0.147. The van der Waals surface area contributed by atoms with Crippen molar-refractivity contribution in [3.63, 3.8) is 0 Å². The van der Waals surface area contributed by atoms with Crippen LogP contribution in [0.25, 0.3) is 0 Å². The van der Waals surface area contributed by atoms with E-state index in [9.17, 15) is 18.4 Å².